The summed E-state index contributed by atoms with van der Waals surface area (Å²) < 4.78 is 5.55. The number of halogens is 2. The third kappa shape index (κ3) is 4.87. The monoisotopic (exact) mass is 482 g/mol. The summed E-state index contributed by atoms with van der Waals surface area (Å²) in [4.78, 5) is 29.0. The summed E-state index contributed by atoms with van der Waals surface area (Å²) in [6.07, 6.45) is 0.740. The van der Waals surface area contributed by atoms with Crippen LogP contribution >= 0.6 is 46.7 Å². The maximum absolute atomic E-state index is 12.6. The number of anilines is 1. The van der Waals surface area contributed by atoms with E-state index in [1.807, 2.05) is 18.2 Å². The van der Waals surface area contributed by atoms with E-state index in [-0.39, 0.29) is 18.3 Å². The molecule has 1 amide bonds. The predicted octanol–water partition coefficient (Wildman–Crippen LogP) is 5.48. The Labute approximate surface area is 194 Å². The van der Waals surface area contributed by atoms with Crippen LogP contribution in [0.1, 0.15) is 36.0 Å². The van der Waals surface area contributed by atoms with Crippen LogP contribution in [0, 0.1) is 0 Å². The van der Waals surface area contributed by atoms with E-state index in [2.05, 4.69) is 22.3 Å². The van der Waals surface area contributed by atoms with Gasteiger partial charge in [-0.3, -0.25) is 9.69 Å². The second kappa shape index (κ2) is 9.94. The van der Waals surface area contributed by atoms with Crippen LogP contribution in [-0.4, -0.2) is 30.4 Å². The Bertz CT molecular complexity index is 1050. The van der Waals surface area contributed by atoms with Gasteiger partial charge in [0.1, 0.15) is 5.00 Å². The number of nitrogens with one attached hydrogen (secondary N) is 1. The van der Waals surface area contributed by atoms with E-state index >= 15 is 0 Å². The van der Waals surface area contributed by atoms with Crippen molar-refractivity contribution in [3.8, 4) is 0 Å². The summed E-state index contributed by atoms with van der Waals surface area (Å²) in [5.41, 5.74) is 2.71. The fraction of sp³-hybridized carbons (Fsp3) is 0.238. The summed E-state index contributed by atoms with van der Waals surface area (Å²) in [6.45, 7) is 2.43. The first-order valence-electron chi connectivity index (χ1n) is 9.11. The van der Waals surface area contributed by atoms with Crippen molar-refractivity contribution in [3.63, 3.8) is 0 Å². The largest absolute Gasteiger partial charge is 0.465 e. The average molecular weight is 483 g/mol. The minimum Gasteiger partial charge on any atom is -0.465 e. The summed E-state index contributed by atoms with van der Waals surface area (Å²) in [7, 11) is 1.36. The van der Waals surface area contributed by atoms with Crippen LogP contribution in [0.4, 0.5) is 5.00 Å². The van der Waals surface area contributed by atoms with Crippen LogP contribution in [0.5, 0.6) is 0 Å². The molecule has 0 bridgehead atoms. The summed E-state index contributed by atoms with van der Waals surface area (Å²) in [5, 5.41) is 3.43. The fourth-order valence-corrected chi connectivity index (χ4v) is 5.65. The Morgan fingerprint density at radius 3 is 2.60 bits per heavy atom. The Balaban J connectivity index is 0.00000256. The maximum atomic E-state index is 12.6. The van der Waals surface area contributed by atoms with E-state index < -0.39 is 5.97 Å². The number of esters is 1. The molecule has 0 saturated heterocycles. The quantitative estimate of drug-likeness (QED) is 0.488. The topological polar surface area (TPSA) is 58.6 Å². The molecular weight excluding hydrogens is 463 g/mol. The molecule has 0 aliphatic carbocycles. The number of hydrogen-bond donors (Lipinski definition) is 1. The zero-order valence-corrected chi connectivity index (χ0v) is 19.3. The smallest absolute Gasteiger partial charge is 0.341 e. The molecule has 0 saturated carbocycles. The Kier molecular flexibility index (Phi) is 7.55. The third-order valence-electron chi connectivity index (χ3n) is 4.80. The number of hydrogen-bond acceptors (Lipinski definition) is 6. The first-order valence-corrected chi connectivity index (χ1v) is 11.1. The van der Waals surface area contributed by atoms with Crippen molar-refractivity contribution in [2.75, 3.05) is 19.0 Å². The zero-order valence-electron chi connectivity index (χ0n) is 16.1. The number of fused-ring (bicyclic) bond motifs is 1. The molecule has 1 aliphatic rings. The van der Waals surface area contributed by atoms with Gasteiger partial charge in [-0.05, 0) is 29.7 Å². The first-order chi connectivity index (χ1) is 14.0. The molecular formula is C21H20Cl2N2O3S2. The van der Waals surface area contributed by atoms with Gasteiger partial charge in [0.15, 0.2) is 0 Å². The van der Waals surface area contributed by atoms with Crippen molar-refractivity contribution in [3.05, 3.63) is 73.2 Å². The number of methoxy groups -OCH3 is 1. The second-order valence-electron chi connectivity index (χ2n) is 6.70. The van der Waals surface area contributed by atoms with Crippen molar-refractivity contribution < 1.29 is 14.3 Å². The molecule has 5 nitrogen and oxygen atoms in total. The molecule has 30 heavy (non-hydrogen) atoms. The van der Waals surface area contributed by atoms with Crippen molar-refractivity contribution in [1.82, 2.24) is 4.90 Å². The Morgan fingerprint density at radius 1 is 1.17 bits per heavy atom. The van der Waals surface area contributed by atoms with Gasteiger partial charge in [0.05, 0.1) is 21.9 Å². The molecule has 0 spiro atoms. The highest BCUT2D eigenvalue weighted by molar-refractivity contribution is 7.18. The molecule has 3 aromatic rings. The van der Waals surface area contributed by atoms with Gasteiger partial charge in [0, 0.05) is 24.5 Å². The van der Waals surface area contributed by atoms with Crippen LogP contribution in [0.25, 0.3) is 0 Å². The van der Waals surface area contributed by atoms with Gasteiger partial charge in [0.2, 0.25) is 0 Å². The zero-order chi connectivity index (χ0) is 20.4. The second-order valence-corrected chi connectivity index (χ2v) is 9.52. The van der Waals surface area contributed by atoms with E-state index in [0.717, 1.165) is 36.5 Å². The van der Waals surface area contributed by atoms with Crippen LogP contribution in [0.2, 0.25) is 4.34 Å². The number of amides is 1. The van der Waals surface area contributed by atoms with E-state index in [1.54, 1.807) is 12.1 Å². The van der Waals surface area contributed by atoms with Crippen LogP contribution in [0.15, 0.2) is 42.5 Å². The Morgan fingerprint density at radius 2 is 1.93 bits per heavy atom. The van der Waals surface area contributed by atoms with Crippen LogP contribution in [0.3, 0.4) is 0 Å². The molecule has 158 valence electrons. The van der Waals surface area contributed by atoms with Gasteiger partial charge >= 0.3 is 5.97 Å². The van der Waals surface area contributed by atoms with Gasteiger partial charge < -0.3 is 10.1 Å². The molecule has 1 N–H and O–H groups in total. The number of ether oxygens (including phenoxy) is 1. The number of carbonyl (C=O) groups excluding carboxylic acids is 2. The maximum Gasteiger partial charge on any atom is 0.341 e. The van der Waals surface area contributed by atoms with Crippen LogP contribution in [-0.2, 0) is 24.2 Å². The summed E-state index contributed by atoms with van der Waals surface area (Å²) >= 11 is 8.59. The van der Waals surface area contributed by atoms with Gasteiger partial charge in [-0.25, -0.2) is 4.79 Å². The third-order valence-corrected chi connectivity index (χ3v) is 7.16. The molecule has 0 radical (unpaired) electrons. The lowest BCUT2D eigenvalue weighted by atomic mass is 10.0. The predicted molar refractivity (Wildman–Crippen MR) is 124 cm³/mol. The summed E-state index contributed by atoms with van der Waals surface area (Å²) in [5.74, 6) is -0.690. The van der Waals surface area contributed by atoms with E-state index in [0.29, 0.717) is 19.8 Å². The molecule has 0 atom stereocenters. The lowest BCUT2D eigenvalue weighted by Gasteiger charge is -2.27. The van der Waals surface area contributed by atoms with E-state index in [1.165, 1.54) is 35.3 Å². The first kappa shape index (κ1) is 22.8. The highest BCUT2D eigenvalue weighted by atomic mass is 35.5. The lowest BCUT2D eigenvalue weighted by molar-refractivity contribution is 0.0600. The summed E-state index contributed by atoms with van der Waals surface area (Å²) in [6, 6.07) is 13.7. The standard InChI is InChI=1S/C21H19ClN2O3S2.ClH/c1-27-21(26)18-14-9-10-24(11-13-5-3-2-4-6-13)12-16(14)29-20(18)23-19(25)15-7-8-17(22)28-15;/h2-8H,9-12H2,1H3,(H,23,25);1H. The van der Waals surface area contributed by atoms with E-state index in [9.17, 15) is 9.59 Å². The molecule has 1 aromatic carbocycles. The SMILES string of the molecule is COC(=O)c1c(NC(=O)c2ccc(Cl)s2)sc2c1CCN(Cc1ccccc1)C2.Cl. The van der Waals surface area contributed by atoms with Crippen molar-refractivity contribution in [2.45, 2.75) is 19.5 Å². The highest BCUT2D eigenvalue weighted by Gasteiger charge is 2.29. The normalized spacial score (nSPS) is 13.3. The number of carbonyl (C=O) groups is 2. The minimum atomic E-state index is -0.418. The number of nitrogens with zero attached hydrogens (tertiary/aromatic N) is 1. The molecule has 3 heterocycles. The average Bonchev–Trinajstić information content (AvgIpc) is 3.31. The molecule has 9 heteroatoms. The van der Waals surface area contributed by atoms with Crippen molar-refractivity contribution >= 4 is 63.6 Å². The number of thiophene rings is 2. The molecule has 0 fully saturated rings. The number of rotatable bonds is 5. The molecule has 0 unspecified atom stereocenters. The Hall–Kier alpha value is -1.90. The molecule has 1 aliphatic heterocycles. The highest BCUT2D eigenvalue weighted by Crippen LogP contribution is 2.38. The number of benzene rings is 1. The fourth-order valence-electron chi connectivity index (χ4n) is 3.44. The molecule has 4 rings (SSSR count). The van der Waals surface area contributed by atoms with Crippen molar-refractivity contribution in [2.24, 2.45) is 0 Å². The van der Waals surface area contributed by atoms with Crippen LogP contribution < -0.4 is 5.32 Å². The lowest BCUT2D eigenvalue weighted by Crippen LogP contribution is -2.29. The van der Waals surface area contributed by atoms with Gasteiger partial charge in [-0.2, -0.15) is 0 Å². The molecule has 2 aromatic heterocycles. The van der Waals surface area contributed by atoms with E-state index in [4.69, 9.17) is 16.3 Å². The van der Waals surface area contributed by atoms with Gasteiger partial charge in [-0.1, -0.05) is 41.9 Å². The minimum absolute atomic E-state index is 0. The van der Waals surface area contributed by atoms with Gasteiger partial charge in [0.25, 0.3) is 5.91 Å². The van der Waals surface area contributed by atoms with Gasteiger partial charge in [-0.15, -0.1) is 35.1 Å². The van der Waals surface area contributed by atoms with Crippen molar-refractivity contribution in [1.29, 1.82) is 0 Å².